The molecule has 0 saturated heterocycles. The fraction of sp³-hybridized carbons (Fsp3) is 0.368. The number of benzene rings is 1. The van der Waals surface area contributed by atoms with Crippen LogP contribution in [-0.4, -0.2) is 38.6 Å². The van der Waals surface area contributed by atoms with Crippen molar-refractivity contribution in [2.75, 3.05) is 6.54 Å². The summed E-state index contributed by atoms with van der Waals surface area (Å²) >= 11 is 0. The highest BCUT2D eigenvalue weighted by atomic mass is 16.4. The van der Waals surface area contributed by atoms with Gasteiger partial charge in [0.15, 0.2) is 11.4 Å². The minimum Gasteiger partial charge on any atom is -0.504 e. The minimum absolute atomic E-state index is 0.203. The van der Waals surface area contributed by atoms with Gasteiger partial charge in [0, 0.05) is 0 Å². The van der Waals surface area contributed by atoms with E-state index in [0.29, 0.717) is 30.3 Å². The Morgan fingerprint density at radius 1 is 1.15 bits per heavy atom. The molecule has 1 heterocycles. The van der Waals surface area contributed by atoms with Crippen LogP contribution in [0.2, 0.25) is 0 Å². The maximum absolute atomic E-state index is 12.1. The molecule has 7 heteroatoms. The lowest BCUT2D eigenvalue weighted by Crippen LogP contribution is -2.30. The Morgan fingerprint density at radius 3 is 2.50 bits per heavy atom. The lowest BCUT2D eigenvalue weighted by atomic mass is 9.94. The van der Waals surface area contributed by atoms with Gasteiger partial charge < -0.3 is 15.5 Å². The molecule has 0 aliphatic heterocycles. The molecule has 2 rings (SSSR count). The molecule has 0 atom stereocenters. The molecular weight excluding hydrogens is 334 g/mol. The Balaban J connectivity index is 2.23. The van der Waals surface area contributed by atoms with Gasteiger partial charge in [-0.15, -0.1) is 0 Å². The number of aryl methyl sites for hydroxylation is 3. The van der Waals surface area contributed by atoms with Crippen molar-refractivity contribution in [3.8, 4) is 5.75 Å². The van der Waals surface area contributed by atoms with E-state index in [-0.39, 0.29) is 11.4 Å². The highest BCUT2D eigenvalue weighted by molar-refractivity contribution is 5.96. The second-order valence-corrected chi connectivity index (χ2v) is 6.34. The number of rotatable bonds is 7. The number of aliphatic carboxylic acids is 1. The molecule has 1 aromatic heterocycles. The van der Waals surface area contributed by atoms with Gasteiger partial charge in [0.05, 0.1) is 5.69 Å². The molecule has 0 aliphatic carbocycles. The SMILES string of the molecule is Cc1nc(CCc2ccccc2C(C)C)c(O)c(C(=O)NCC(=O)O)n1. The number of carbonyl (C=O) groups excluding carboxylic acids is 1. The molecule has 0 unspecified atom stereocenters. The standard InChI is InChI=1S/C19H23N3O4/c1-11(2)14-7-5-4-6-13(14)8-9-15-18(25)17(22-12(3)21-15)19(26)20-10-16(23)24/h4-7,11,25H,8-10H2,1-3H3,(H,20,26)(H,23,24). The average molecular weight is 357 g/mol. The van der Waals surface area contributed by atoms with E-state index >= 15 is 0 Å². The molecular formula is C19H23N3O4. The van der Waals surface area contributed by atoms with Gasteiger partial charge in [-0.05, 0) is 36.8 Å². The van der Waals surface area contributed by atoms with Crippen molar-refractivity contribution >= 4 is 11.9 Å². The monoisotopic (exact) mass is 357 g/mol. The number of carboxylic acid groups (broad SMARTS) is 1. The lowest BCUT2D eigenvalue weighted by molar-refractivity contribution is -0.135. The van der Waals surface area contributed by atoms with Gasteiger partial charge in [-0.2, -0.15) is 0 Å². The van der Waals surface area contributed by atoms with Crippen LogP contribution in [0.1, 0.15) is 52.9 Å². The fourth-order valence-electron chi connectivity index (χ4n) is 2.78. The summed E-state index contributed by atoms with van der Waals surface area (Å²) < 4.78 is 0. The number of aromatic hydroxyl groups is 1. The van der Waals surface area contributed by atoms with Crippen LogP contribution in [0, 0.1) is 6.92 Å². The van der Waals surface area contributed by atoms with Crippen molar-refractivity contribution in [1.29, 1.82) is 0 Å². The van der Waals surface area contributed by atoms with Crippen LogP contribution in [-0.2, 0) is 17.6 Å². The second-order valence-electron chi connectivity index (χ2n) is 6.34. The summed E-state index contributed by atoms with van der Waals surface area (Å²) in [6, 6.07) is 8.09. The van der Waals surface area contributed by atoms with Crippen LogP contribution in [0.5, 0.6) is 5.75 Å². The van der Waals surface area contributed by atoms with E-state index in [0.717, 1.165) is 5.56 Å². The van der Waals surface area contributed by atoms with Crippen molar-refractivity contribution < 1.29 is 19.8 Å². The van der Waals surface area contributed by atoms with E-state index in [9.17, 15) is 14.7 Å². The maximum Gasteiger partial charge on any atom is 0.322 e. The van der Waals surface area contributed by atoms with Crippen molar-refractivity contribution in [2.45, 2.75) is 39.5 Å². The molecule has 3 N–H and O–H groups in total. The van der Waals surface area contributed by atoms with Crippen LogP contribution in [0.15, 0.2) is 24.3 Å². The van der Waals surface area contributed by atoms with Crippen molar-refractivity contribution in [3.05, 3.63) is 52.6 Å². The number of aromatic nitrogens is 2. The third kappa shape index (κ3) is 4.78. The molecule has 1 amide bonds. The molecule has 0 radical (unpaired) electrons. The molecule has 0 fully saturated rings. The van der Waals surface area contributed by atoms with Crippen LogP contribution in [0.25, 0.3) is 0 Å². The number of nitrogens with one attached hydrogen (secondary N) is 1. The van der Waals surface area contributed by atoms with E-state index in [4.69, 9.17) is 5.11 Å². The molecule has 0 bridgehead atoms. The number of amides is 1. The largest absolute Gasteiger partial charge is 0.504 e. The summed E-state index contributed by atoms with van der Waals surface area (Å²) in [7, 11) is 0. The molecule has 2 aromatic rings. The van der Waals surface area contributed by atoms with Gasteiger partial charge in [0.2, 0.25) is 0 Å². The van der Waals surface area contributed by atoms with Crippen LogP contribution in [0.4, 0.5) is 0 Å². The summed E-state index contributed by atoms with van der Waals surface area (Å²) in [6.07, 6.45) is 1.10. The van der Waals surface area contributed by atoms with Crippen LogP contribution < -0.4 is 5.32 Å². The van der Waals surface area contributed by atoms with E-state index < -0.39 is 18.4 Å². The Bertz CT molecular complexity index is 818. The van der Waals surface area contributed by atoms with E-state index in [1.54, 1.807) is 6.92 Å². The first kappa shape index (κ1) is 19.4. The summed E-state index contributed by atoms with van der Waals surface area (Å²) in [5, 5.41) is 21.2. The van der Waals surface area contributed by atoms with Gasteiger partial charge in [0.25, 0.3) is 5.91 Å². The maximum atomic E-state index is 12.1. The molecule has 26 heavy (non-hydrogen) atoms. The molecule has 7 nitrogen and oxygen atoms in total. The Kier molecular flexibility index (Phi) is 6.27. The number of nitrogens with zero attached hydrogens (tertiary/aromatic N) is 2. The van der Waals surface area contributed by atoms with Gasteiger partial charge in [-0.25, -0.2) is 9.97 Å². The molecule has 0 spiro atoms. The predicted octanol–water partition coefficient (Wildman–Crippen LogP) is 2.21. The van der Waals surface area contributed by atoms with Crippen molar-refractivity contribution in [1.82, 2.24) is 15.3 Å². The Labute approximate surface area is 152 Å². The van der Waals surface area contributed by atoms with E-state index in [2.05, 4.69) is 35.2 Å². The highest BCUT2D eigenvalue weighted by Gasteiger charge is 2.19. The first-order valence-corrected chi connectivity index (χ1v) is 8.43. The third-order valence-corrected chi connectivity index (χ3v) is 3.99. The van der Waals surface area contributed by atoms with E-state index in [1.807, 2.05) is 18.2 Å². The van der Waals surface area contributed by atoms with Crippen molar-refractivity contribution in [3.63, 3.8) is 0 Å². The lowest BCUT2D eigenvalue weighted by Gasteiger charge is -2.13. The highest BCUT2D eigenvalue weighted by Crippen LogP contribution is 2.24. The van der Waals surface area contributed by atoms with Gasteiger partial charge >= 0.3 is 5.97 Å². The van der Waals surface area contributed by atoms with Crippen LogP contribution in [0.3, 0.4) is 0 Å². The minimum atomic E-state index is -1.17. The Morgan fingerprint density at radius 2 is 1.85 bits per heavy atom. The predicted molar refractivity (Wildman–Crippen MR) is 96.3 cm³/mol. The average Bonchev–Trinajstić information content (AvgIpc) is 2.60. The summed E-state index contributed by atoms with van der Waals surface area (Å²) in [6.45, 7) is 5.32. The van der Waals surface area contributed by atoms with E-state index in [1.165, 1.54) is 5.56 Å². The summed E-state index contributed by atoms with van der Waals surface area (Å²) in [5.74, 6) is -1.49. The topological polar surface area (TPSA) is 112 Å². The molecule has 0 saturated carbocycles. The summed E-state index contributed by atoms with van der Waals surface area (Å²) in [4.78, 5) is 30.8. The normalized spacial score (nSPS) is 10.8. The third-order valence-electron chi connectivity index (χ3n) is 3.99. The number of hydrogen-bond donors (Lipinski definition) is 3. The summed E-state index contributed by atoms with van der Waals surface area (Å²) in [5.41, 5.74) is 2.56. The number of carboxylic acids is 1. The Hall–Kier alpha value is -2.96. The molecule has 0 aliphatic rings. The second kappa shape index (κ2) is 8.42. The quantitative estimate of drug-likeness (QED) is 0.700. The number of carbonyl (C=O) groups is 2. The van der Waals surface area contributed by atoms with Gasteiger partial charge in [0.1, 0.15) is 12.4 Å². The first-order valence-electron chi connectivity index (χ1n) is 8.43. The fourth-order valence-corrected chi connectivity index (χ4v) is 2.78. The first-order chi connectivity index (χ1) is 12.3. The molecule has 1 aromatic carbocycles. The zero-order valence-corrected chi connectivity index (χ0v) is 15.1. The van der Waals surface area contributed by atoms with Gasteiger partial charge in [-0.1, -0.05) is 38.1 Å². The molecule has 138 valence electrons. The zero-order chi connectivity index (χ0) is 19.3. The zero-order valence-electron chi connectivity index (χ0n) is 15.1. The number of hydrogen-bond acceptors (Lipinski definition) is 5. The van der Waals surface area contributed by atoms with Gasteiger partial charge in [-0.3, -0.25) is 9.59 Å². The smallest absolute Gasteiger partial charge is 0.322 e. The van der Waals surface area contributed by atoms with Crippen molar-refractivity contribution in [2.24, 2.45) is 0 Å². The van der Waals surface area contributed by atoms with Crippen LogP contribution >= 0.6 is 0 Å².